The molecule has 5 rings (SSSR count). The summed E-state index contributed by atoms with van der Waals surface area (Å²) in [6.45, 7) is 8.56. The van der Waals surface area contributed by atoms with Crippen molar-refractivity contribution in [2.75, 3.05) is 13.7 Å². The van der Waals surface area contributed by atoms with Crippen LogP contribution in [-0.4, -0.2) is 42.3 Å². The average Bonchev–Trinajstić information content (AvgIpc) is 3.42. The lowest BCUT2D eigenvalue weighted by atomic mass is 9.95. The molecule has 6 heteroatoms. The van der Waals surface area contributed by atoms with E-state index < -0.39 is 17.7 Å². The topological polar surface area (TPSA) is 65.1 Å². The number of fused-ring (bicyclic) bond motifs is 3. The second-order valence-corrected chi connectivity index (χ2v) is 13.9. The van der Waals surface area contributed by atoms with Crippen molar-refractivity contribution < 1.29 is 23.8 Å². The Hall–Kier alpha value is -4.58. The molecule has 4 aromatic carbocycles. The van der Waals surface area contributed by atoms with Gasteiger partial charge in [0, 0.05) is 6.04 Å². The van der Waals surface area contributed by atoms with Crippen molar-refractivity contribution in [3.05, 3.63) is 114 Å². The molecule has 1 aliphatic rings. The average molecular weight is 662 g/mol. The van der Waals surface area contributed by atoms with Crippen LogP contribution in [0.4, 0.5) is 4.79 Å². The van der Waals surface area contributed by atoms with Crippen LogP contribution in [0.3, 0.4) is 0 Å². The molecule has 0 saturated carbocycles. The Morgan fingerprint density at radius 2 is 1.33 bits per heavy atom. The molecule has 0 aromatic heterocycles. The maximum Gasteiger partial charge on any atom is 0.410 e. The second kappa shape index (κ2) is 16.7. The Balaban J connectivity index is 1.33. The van der Waals surface area contributed by atoms with E-state index in [1.807, 2.05) is 57.2 Å². The molecule has 0 heterocycles. The SMILES string of the molecule is CCCCCCCOc1ccc(-c2ccc(CC[C@H](CC(=O)OC(C)(C)C)N(C(=O)OC)C3c4ccccc4-c4ccccc43)cc2)cc1. The molecule has 1 aliphatic carbocycles. The number of hydrogen-bond donors (Lipinski definition) is 0. The quantitative estimate of drug-likeness (QED) is 0.0937. The minimum Gasteiger partial charge on any atom is -0.494 e. The van der Waals surface area contributed by atoms with Gasteiger partial charge in [0.05, 0.1) is 26.2 Å². The van der Waals surface area contributed by atoms with Gasteiger partial charge in [-0.3, -0.25) is 9.69 Å². The number of rotatable bonds is 15. The van der Waals surface area contributed by atoms with Crippen LogP contribution in [0.25, 0.3) is 22.3 Å². The summed E-state index contributed by atoms with van der Waals surface area (Å²) in [5.74, 6) is 0.555. The Kier molecular flexibility index (Phi) is 12.2. The predicted octanol–water partition coefficient (Wildman–Crippen LogP) is 10.6. The van der Waals surface area contributed by atoms with Gasteiger partial charge in [0.25, 0.3) is 0 Å². The predicted molar refractivity (Wildman–Crippen MR) is 197 cm³/mol. The van der Waals surface area contributed by atoms with E-state index in [0.29, 0.717) is 12.8 Å². The van der Waals surface area contributed by atoms with Gasteiger partial charge >= 0.3 is 12.1 Å². The molecule has 258 valence electrons. The van der Waals surface area contributed by atoms with Gasteiger partial charge in [-0.2, -0.15) is 0 Å². The number of carbonyl (C=O) groups excluding carboxylic acids is 2. The number of unbranched alkanes of at least 4 members (excludes halogenated alkanes) is 4. The largest absolute Gasteiger partial charge is 0.494 e. The van der Waals surface area contributed by atoms with Crippen LogP contribution >= 0.6 is 0 Å². The number of carbonyl (C=O) groups is 2. The lowest BCUT2D eigenvalue weighted by Gasteiger charge is -2.36. The first kappa shape index (κ1) is 35.7. The highest BCUT2D eigenvalue weighted by Crippen LogP contribution is 2.47. The molecule has 1 atom stereocenters. The molecule has 0 N–H and O–H groups in total. The fourth-order valence-electron chi connectivity index (χ4n) is 6.75. The smallest absolute Gasteiger partial charge is 0.410 e. The van der Waals surface area contributed by atoms with E-state index in [4.69, 9.17) is 14.2 Å². The molecule has 0 radical (unpaired) electrons. The first-order valence-corrected chi connectivity index (χ1v) is 17.8. The van der Waals surface area contributed by atoms with Crippen molar-refractivity contribution in [3.63, 3.8) is 0 Å². The summed E-state index contributed by atoms with van der Waals surface area (Å²) in [5, 5.41) is 0. The normalized spacial score (nSPS) is 12.9. The molecule has 6 nitrogen and oxygen atoms in total. The summed E-state index contributed by atoms with van der Waals surface area (Å²) in [7, 11) is 1.40. The lowest BCUT2D eigenvalue weighted by molar-refractivity contribution is -0.156. The van der Waals surface area contributed by atoms with Crippen molar-refractivity contribution in [3.8, 4) is 28.0 Å². The van der Waals surface area contributed by atoms with E-state index in [1.165, 1.54) is 32.8 Å². The number of aryl methyl sites for hydroxylation is 1. The van der Waals surface area contributed by atoms with Crippen LogP contribution in [0.1, 0.15) is 95.4 Å². The third-order valence-corrected chi connectivity index (χ3v) is 9.10. The maximum absolute atomic E-state index is 13.7. The molecule has 0 saturated heterocycles. The lowest BCUT2D eigenvalue weighted by Crippen LogP contribution is -2.45. The second-order valence-electron chi connectivity index (χ2n) is 13.9. The van der Waals surface area contributed by atoms with Gasteiger partial charge in [0.2, 0.25) is 0 Å². The van der Waals surface area contributed by atoms with E-state index in [2.05, 4.69) is 67.6 Å². The van der Waals surface area contributed by atoms with Crippen molar-refractivity contribution in [1.29, 1.82) is 0 Å². The summed E-state index contributed by atoms with van der Waals surface area (Å²) >= 11 is 0. The fraction of sp³-hybridized carbons (Fsp3) is 0.395. The number of ether oxygens (including phenoxy) is 3. The van der Waals surface area contributed by atoms with Gasteiger partial charge in [-0.1, -0.05) is 118 Å². The molecule has 0 aliphatic heterocycles. The van der Waals surface area contributed by atoms with Crippen molar-refractivity contribution >= 4 is 12.1 Å². The molecule has 0 spiro atoms. The number of hydrogen-bond acceptors (Lipinski definition) is 5. The number of methoxy groups -OCH3 is 1. The van der Waals surface area contributed by atoms with E-state index in [1.54, 1.807) is 4.90 Å². The van der Waals surface area contributed by atoms with Gasteiger partial charge < -0.3 is 14.2 Å². The highest BCUT2D eigenvalue weighted by molar-refractivity contribution is 5.82. The standard InChI is InChI=1S/C43H51NO5/c1-6-7-8-9-14-29-48-35-27-24-33(25-28-35)32-22-19-31(20-23-32)21-26-34(30-40(45)49-43(2,3)4)44(42(46)47-5)41-38-17-12-10-15-36(38)37-16-11-13-18-39(37)41/h10-13,15-20,22-25,27-28,34,41H,6-9,14,21,26,29-30H2,1-5H3/t34-/m1/s1. The molecule has 0 unspecified atom stereocenters. The summed E-state index contributed by atoms with van der Waals surface area (Å²) < 4.78 is 17.1. The zero-order chi connectivity index (χ0) is 34.8. The maximum atomic E-state index is 13.7. The minimum atomic E-state index is -0.640. The number of amides is 1. The third-order valence-electron chi connectivity index (χ3n) is 9.10. The van der Waals surface area contributed by atoms with Gasteiger partial charge in [-0.05, 0) is 91.1 Å². The van der Waals surface area contributed by atoms with Crippen molar-refractivity contribution in [1.82, 2.24) is 4.90 Å². The molecule has 4 aromatic rings. The van der Waals surface area contributed by atoms with E-state index in [0.717, 1.165) is 57.7 Å². The number of esters is 1. The van der Waals surface area contributed by atoms with Gasteiger partial charge in [0.15, 0.2) is 0 Å². The number of benzene rings is 4. The zero-order valence-corrected chi connectivity index (χ0v) is 29.7. The molecule has 49 heavy (non-hydrogen) atoms. The summed E-state index contributed by atoms with van der Waals surface area (Å²) in [4.78, 5) is 28.8. The van der Waals surface area contributed by atoms with Crippen LogP contribution in [0, 0.1) is 0 Å². The summed E-state index contributed by atoms with van der Waals surface area (Å²) in [5.41, 5.74) is 6.95. The van der Waals surface area contributed by atoms with Crippen LogP contribution in [0.15, 0.2) is 97.1 Å². The monoisotopic (exact) mass is 661 g/mol. The molecule has 0 bridgehead atoms. The van der Waals surface area contributed by atoms with Crippen LogP contribution in [0.2, 0.25) is 0 Å². The fourth-order valence-corrected chi connectivity index (χ4v) is 6.75. The van der Waals surface area contributed by atoms with E-state index >= 15 is 0 Å². The first-order valence-electron chi connectivity index (χ1n) is 17.8. The summed E-state index contributed by atoms with van der Waals surface area (Å²) in [6.07, 6.45) is 6.91. The molecule has 0 fully saturated rings. The highest BCUT2D eigenvalue weighted by atomic mass is 16.6. The van der Waals surface area contributed by atoms with Crippen LogP contribution in [0.5, 0.6) is 5.75 Å². The Labute approximate surface area is 292 Å². The van der Waals surface area contributed by atoms with Crippen molar-refractivity contribution in [2.45, 2.75) is 96.7 Å². The zero-order valence-electron chi connectivity index (χ0n) is 29.7. The van der Waals surface area contributed by atoms with Crippen LogP contribution < -0.4 is 4.74 Å². The Morgan fingerprint density at radius 3 is 1.90 bits per heavy atom. The van der Waals surface area contributed by atoms with E-state index in [-0.39, 0.29) is 18.4 Å². The molecular formula is C43H51NO5. The van der Waals surface area contributed by atoms with Gasteiger partial charge in [-0.25, -0.2) is 4.79 Å². The van der Waals surface area contributed by atoms with Crippen molar-refractivity contribution in [2.24, 2.45) is 0 Å². The van der Waals surface area contributed by atoms with E-state index in [9.17, 15) is 9.59 Å². The molecule has 1 amide bonds. The highest BCUT2D eigenvalue weighted by Gasteiger charge is 2.40. The first-order chi connectivity index (χ1) is 23.7. The third kappa shape index (κ3) is 9.32. The van der Waals surface area contributed by atoms with Crippen LogP contribution in [-0.2, 0) is 20.7 Å². The van der Waals surface area contributed by atoms with Gasteiger partial charge in [-0.15, -0.1) is 0 Å². The summed E-state index contributed by atoms with van der Waals surface area (Å²) in [6, 6.07) is 32.3. The minimum absolute atomic E-state index is 0.0540. The van der Waals surface area contributed by atoms with Gasteiger partial charge in [0.1, 0.15) is 11.4 Å². The number of nitrogens with zero attached hydrogens (tertiary/aromatic N) is 1. The Morgan fingerprint density at radius 1 is 0.755 bits per heavy atom. The molecular weight excluding hydrogens is 610 g/mol. The Bertz CT molecular complexity index is 1630.